The van der Waals surface area contributed by atoms with Crippen LogP contribution in [0.4, 0.5) is 0 Å². The minimum Gasteiger partial charge on any atom is -0.472 e. The third-order valence-corrected chi connectivity index (χ3v) is 2.79. The first-order chi connectivity index (χ1) is 7.79. The van der Waals surface area contributed by atoms with Crippen LogP contribution in [0.25, 0.3) is 0 Å². The SMILES string of the molecule is NCCCC1CN=C(c2ccc(Cl)cc2)O1. The van der Waals surface area contributed by atoms with Gasteiger partial charge in [0.25, 0.3) is 0 Å². The molecule has 1 aliphatic heterocycles. The topological polar surface area (TPSA) is 47.6 Å². The summed E-state index contributed by atoms with van der Waals surface area (Å²) in [6, 6.07) is 7.53. The third-order valence-electron chi connectivity index (χ3n) is 2.54. The zero-order chi connectivity index (χ0) is 11.4. The van der Waals surface area contributed by atoms with Gasteiger partial charge in [0.05, 0.1) is 6.54 Å². The molecule has 0 radical (unpaired) electrons. The molecule has 1 aliphatic rings. The van der Waals surface area contributed by atoms with Crippen molar-refractivity contribution in [2.75, 3.05) is 13.1 Å². The average molecular weight is 239 g/mol. The number of nitrogens with zero attached hydrogens (tertiary/aromatic N) is 1. The van der Waals surface area contributed by atoms with Crippen LogP contribution in [0.15, 0.2) is 29.3 Å². The van der Waals surface area contributed by atoms with Crippen molar-refractivity contribution < 1.29 is 4.74 Å². The van der Waals surface area contributed by atoms with E-state index in [1.165, 1.54) is 0 Å². The van der Waals surface area contributed by atoms with Gasteiger partial charge in [-0.05, 0) is 43.7 Å². The van der Waals surface area contributed by atoms with Crippen LogP contribution in [0.2, 0.25) is 5.02 Å². The summed E-state index contributed by atoms with van der Waals surface area (Å²) in [5.74, 6) is 0.721. The fourth-order valence-electron chi connectivity index (χ4n) is 1.66. The van der Waals surface area contributed by atoms with Crippen LogP contribution in [0.3, 0.4) is 0 Å². The molecule has 2 N–H and O–H groups in total. The lowest BCUT2D eigenvalue weighted by Gasteiger charge is -2.10. The zero-order valence-corrected chi connectivity index (χ0v) is 9.78. The van der Waals surface area contributed by atoms with E-state index in [0.29, 0.717) is 6.54 Å². The minimum absolute atomic E-state index is 0.189. The molecule has 4 heteroatoms. The van der Waals surface area contributed by atoms with Gasteiger partial charge < -0.3 is 10.5 Å². The fraction of sp³-hybridized carbons (Fsp3) is 0.417. The summed E-state index contributed by atoms with van der Waals surface area (Å²) in [6.07, 6.45) is 2.14. The van der Waals surface area contributed by atoms with Gasteiger partial charge in [0.2, 0.25) is 5.90 Å². The van der Waals surface area contributed by atoms with E-state index in [1.807, 2.05) is 24.3 Å². The van der Waals surface area contributed by atoms with Crippen LogP contribution in [0.1, 0.15) is 18.4 Å². The number of benzene rings is 1. The Labute approximate surface area is 100 Å². The van der Waals surface area contributed by atoms with Gasteiger partial charge in [-0.15, -0.1) is 0 Å². The Kier molecular flexibility index (Phi) is 3.80. The molecule has 0 saturated heterocycles. The van der Waals surface area contributed by atoms with Crippen LogP contribution in [-0.4, -0.2) is 25.1 Å². The first kappa shape index (κ1) is 11.4. The molecule has 0 aliphatic carbocycles. The van der Waals surface area contributed by atoms with E-state index >= 15 is 0 Å². The summed E-state index contributed by atoms with van der Waals surface area (Å²) < 4.78 is 5.74. The predicted molar refractivity (Wildman–Crippen MR) is 66.0 cm³/mol. The highest BCUT2D eigenvalue weighted by atomic mass is 35.5. The van der Waals surface area contributed by atoms with Crippen molar-refractivity contribution in [1.82, 2.24) is 0 Å². The number of rotatable bonds is 4. The van der Waals surface area contributed by atoms with E-state index in [-0.39, 0.29) is 6.10 Å². The molecule has 0 bridgehead atoms. The molecular weight excluding hydrogens is 224 g/mol. The molecular formula is C12H15ClN2O. The molecule has 1 heterocycles. The second-order valence-electron chi connectivity index (χ2n) is 3.82. The van der Waals surface area contributed by atoms with Gasteiger partial charge in [0.1, 0.15) is 6.10 Å². The fourth-order valence-corrected chi connectivity index (χ4v) is 1.79. The average Bonchev–Trinajstić information content (AvgIpc) is 2.76. The van der Waals surface area contributed by atoms with Gasteiger partial charge in [0.15, 0.2) is 0 Å². The number of aliphatic imine (C=N–C) groups is 1. The lowest BCUT2D eigenvalue weighted by atomic mass is 10.2. The first-order valence-electron chi connectivity index (χ1n) is 5.46. The van der Waals surface area contributed by atoms with Gasteiger partial charge in [0, 0.05) is 10.6 Å². The molecule has 0 saturated carbocycles. The maximum atomic E-state index is 5.82. The summed E-state index contributed by atoms with van der Waals surface area (Å²) >= 11 is 5.82. The van der Waals surface area contributed by atoms with Crippen LogP contribution >= 0.6 is 11.6 Å². The van der Waals surface area contributed by atoms with E-state index < -0.39 is 0 Å². The molecule has 1 atom stereocenters. The van der Waals surface area contributed by atoms with Gasteiger partial charge in [-0.1, -0.05) is 11.6 Å². The summed E-state index contributed by atoms with van der Waals surface area (Å²) in [6.45, 7) is 1.44. The molecule has 0 spiro atoms. The Balaban J connectivity index is 1.95. The van der Waals surface area contributed by atoms with E-state index in [9.17, 15) is 0 Å². The quantitative estimate of drug-likeness (QED) is 0.875. The number of halogens is 1. The molecule has 0 amide bonds. The molecule has 1 aromatic rings. The lowest BCUT2D eigenvalue weighted by molar-refractivity contribution is 0.211. The normalized spacial score (nSPS) is 19.4. The molecule has 3 nitrogen and oxygen atoms in total. The highest BCUT2D eigenvalue weighted by molar-refractivity contribution is 6.30. The van der Waals surface area contributed by atoms with Gasteiger partial charge in [-0.2, -0.15) is 0 Å². The lowest BCUT2D eigenvalue weighted by Crippen LogP contribution is -2.15. The molecule has 16 heavy (non-hydrogen) atoms. The zero-order valence-electron chi connectivity index (χ0n) is 9.03. The van der Waals surface area contributed by atoms with Gasteiger partial charge in [-0.3, -0.25) is 0 Å². The predicted octanol–water partition coefficient (Wildman–Crippen LogP) is 2.22. The van der Waals surface area contributed by atoms with Gasteiger partial charge in [-0.25, -0.2) is 4.99 Å². The monoisotopic (exact) mass is 238 g/mol. The van der Waals surface area contributed by atoms with E-state index in [0.717, 1.165) is 35.9 Å². The Morgan fingerprint density at radius 1 is 1.38 bits per heavy atom. The molecule has 1 unspecified atom stereocenters. The Hall–Kier alpha value is -1.06. The number of hydrogen-bond acceptors (Lipinski definition) is 3. The Bertz CT molecular complexity index is 375. The highest BCUT2D eigenvalue weighted by Gasteiger charge is 2.20. The van der Waals surface area contributed by atoms with Crippen LogP contribution in [0, 0.1) is 0 Å². The summed E-state index contributed by atoms with van der Waals surface area (Å²) in [5.41, 5.74) is 6.45. The standard InChI is InChI=1S/C12H15ClN2O/c13-10-5-3-9(4-6-10)12-15-8-11(16-12)2-1-7-14/h3-6,11H,1-2,7-8,14H2. The molecule has 1 aromatic carbocycles. The summed E-state index contributed by atoms with van der Waals surface area (Å²) in [5, 5.41) is 0.724. The van der Waals surface area contributed by atoms with Crippen molar-refractivity contribution >= 4 is 17.5 Å². The van der Waals surface area contributed by atoms with Crippen molar-refractivity contribution in [1.29, 1.82) is 0 Å². The maximum Gasteiger partial charge on any atom is 0.216 e. The Morgan fingerprint density at radius 3 is 2.81 bits per heavy atom. The molecule has 0 aromatic heterocycles. The van der Waals surface area contributed by atoms with Crippen molar-refractivity contribution in [2.45, 2.75) is 18.9 Å². The smallest absolute Gasteiger partial charge is 0.216 e. The van der Waals surface area contributed by atoms with Crippen LogP contribution < -0.4 is 5.73 Å². The van der Waals surface area contributed by atoms with Crippen molar-refractivity contribution in [3.63, 3.8) is 0 Å². The highest BCUT2D eigenvalue weighted by Crippen LogP contribution is 2.17. The summed E-state index contributed by atoms with van der Waals surface area (Å²) in [7, 11) is 0. The summed E-state index contributed by atoms with van der Waals surface area (Å²) in [4.78, 5) is 4.38. The number of hydrogen-bond donors (Lipinski definition) is 1. The van der Waals surface area contributed by atoms with Crippen molar-refractivity contribution in [3.05, 3.63) is 34.9 Å². The molecule has 2 rings (SSSR count). The van der Waals surface area contributed by atoms with Crippen molar-refractivity contribution in [2.24, 2.45) is 10.7 Å². The third kappa shape index (κ3) is 2.74. The molecule has 86 valence electrons. The minimum atomic E-state index is 0.189. The largest absolute Gasteiger partial charge is 0.472 e. The second kappa shape index (κ2) is 5.32. The van der Waals surface area contributed by atoms with Crippen LogP contribution in [0.5, 0.6) is 0 Å². The van der Waals surface area contributed by atoms with E-state index in [2.05, 4.69) is 4.99 Å². The second-order valence-corrected chi connectivity index (χ2v) is 4.26. The number of nitrogens with two attached hydrogens (primary N) is 1. The van der Waals surface area contributed by atoms with E-state index in [4.69, 9.17) is 22.1 Å². The first-order valence-corrected chi connectivity index (χ1v) is 5.84. The molecule has 0 fully saturated rings. The van der Waals surface area contributed by atoms with E-state index in [1.54, 1.807) is 0 Å². The number of ether oxygens (including phenoxy) is 1. The van der Waals surface area contributed by atoms with Crippen LogP contribution in [-0.2, 0) is 4.74 Å². The Morgan fingerprint density at radius 2 is 2.12 bits per heavy atom. The van der Waals surface area contributed by atoms with Crippen molar-refractivity contribution in [3.8, 4) is 0 Å². The van der Waals surface area contributed by atoms with Gasteiger partial charge >= 0.3 is 0 Å². The maximum absolute atomic E-state index is 5.82.